The van der Waals surface area contributed by atoms with Crippen LogP contribution in [0.15, 0.2) is 23.0 Å². The van der Waals surface area contributed by atoms with Crippen molar-refractivity contribution in [3.63, 3.8) is 0 Å². The summed E-state index contributed by atoms with van der Waals surface area (Å²) in [5, 5.41) is 0.701. The molecule has 23 heavy (non-hydrogen) atoms. The summed E-state index contributed by atoms with van der Waals surface area (Å²) in [6.45, 7) is 0. The van der Waals surface area contributed by atoms with E-state index in [0.29, 0.717) is 16.8 Å². The lowest BCUT2D eigenvalue weighted by Gasteiger charge is -1.98. The fraction of sp³-hybridized carbons (Fsp3) is 0.176. The highest BCUT2D eigenvalue weighted by molar-refractivity contribution is 7.18. The number of H-pyrrole nitrogens is 1. The lowest BCUT2D eigenvalue weighted by molar-refractivity contribution is 0.508. The van der Waals surface area contributed by atoms with E-state index in [4.69, 9.17) is 0 Å². The third kappa shape index (κ3) is 2.49. The van der Waals surface area contributed by atoms with Crippen LogP contribution in [0.2, 0.25) is 0 Å². The average molecular weight is 330 g/mol. The Labute approximate surface area is 134 Å². The molecule has 4 rings (SSSR count). The van der Waals surface area contributed by atoms with Gasteiger partial charge in [-0.15, -0.1) is 11.3 Å². The number of hydrogen-bond acceptors (Lipinski definition) is 3. The Kier molecular flexibility index (Phi) is 3.34. The lowest BCUT2D eigenvalue weighted by Crippen LogP contribution is -2.09. The Bertz CT molecular complexity index is 1000. The first kappa shape index (κ1) is 14.3. The summed E-state index contributed by atoms with van der Waals surface area (Å²) >= 11 is 1.57. The standard InChI is InChI=1S/C17H12F2N2OS/c18-11-6-4-9(8-12(11)19)5-7-14-20-16(22)15-10-2-1-3-13(10)23-17(15)21-14/h4-8H,1-3H2,(H,20,21,22)/b7-5+. The number of nitrogens with one attached hydrogen (secondary N) is 1. The molecule has 1 N–H and O–H groups in total. The van der Waals surface area contributed by atoms with Crippen LogP contribution in [-0.4, -0.2) is 9.97 Å². The van der Waals surface area contributed by atoms with E-state index in [0.717, 1.165) is 41.8 Å². The van der Waals surface area contributed by atoms with Crippen LogP contribution in [0.4, 0.5) is 8.78 Å². The Morgan fingerprint density at radius 3 is 2.87 bits per heavy atom. The van der Waals surface area contributed by atoms with Crippen LogP contribution in [0, 0.1) is 11.6 Å². The summed E-state index contributed by atoms with van der Waals surface area (Å²) in [5.41, 5.74) is 1.49. The lowest BCUT2D eigenvalue weighted by atomic mass is 10.2. The highest BCUT2D eigenvalue weighted by Crippen LogP contribution is 2.34. The number of halogens is 2. The zero-order valence-electron chi connectivity index (χ0n) is 12.0. The average Bonchev–Trinajstić information content (AvgIpc) is 3.08. The molecular formula is C17H12F2N2OS. The molecule has 116 valence electrons. The molecule has 0 atom stereocenters. The van der Waals surface area contributed by atoms with Gasteiger partial charge in [0, 0.05) is 4.88 Å². The molecule has 0 amide bonds. The molecular weight excluding hydrogens is 318 g/mol. The first-order valence-electron chi connectivity index (χ1n) is 7.29. The molecule has 6 heteroatoms. The van der Waals surface area contributed by atoms with Gasteiger partial charge in [0.25, 0.3) is 5.56 Å². The monoisotopic (exact) mass is 330 g/mol. The predicted octanol–water partition coefficient (Wildman–Crippen LogP) is 3.92. The van der Waals surface area contributed by atoms with Gasteiger partial charge in [-0.05, 0) is 48.6 Å². The Morgan fingerprint density at radius 2 is 2.04 bits per heavy atom. The minimum Gasteiger partial charge on any atom is -0.306 e. The number of benzene rings is 1. The number of nitrogens with zero attached hydrogens (tertiary/aromatic N) is 1. The summed E-state index contributed by atoms with van der Waals surface area (Å²) in [6.07, 6.45) is 6.22. The molecule has 2 heterocycles. The van der Waals surface area contributed by atoms with Gasteiger partial charge in [-0.25, -0.2) is 13.8 Å². The van der Waals surface area contributed by atoms with Crippen LogP contribution in [0.3, 0.4) is 0 Å². The van der Waals surface area contributed by atoms with E-state index in [1.54, 1.807) is 23.5 Å². The highest BCUT2D eigenvalue weighted by Gasteiger charge is 2.20. The molecule has 1 aromatic carbocycles. The number of fused-ring (bicyclic) bond motifs is 3. The number of aromatic amines is 1. The summed E-state index contributed by atoms with van der Waals surface area (Å²) in [4.78, 5) is 21.5. The number of aromatic nitrogens is 2. The Hall–Kier alpha value is -2.34. The third-order valence-electron chi connectivity index (χ3n) is 3.97. The van der Waals surface area contributed by atoms with E-state index in [9.17, 15) is 13.6 Å². The molecule has 0 saturated heterocycles. The number of hydrogen-bond donors (Lipinski definition) is 1. The molecule has 0 saturated carbocycles. The molecule has 0 spiro atoms. The second-order valence-corrected chi connectivity index (χ2v) is 6.58. The van der Waals surface area contributed by atoms with Crippen molar-refractivity contribution >= 4 is 33.7 Å². The van der Waals surface area contributed by atoms with Gasteiger partial charge >= 0.3 is 0 Å². The largest absolute Gasteiger partial charge is 0.306 e. The second-order valence-electron chi connectivity index (χ2n) is 5.50. The fourth-order valence-electron chi connectivity index (χ4n) is 2.89. The van der Waals surface area contributed by atoms with Crippen molar-refractivity contribution in [2.75, 3.05) is 0 Å². The van der Waals surface area contributed by atoms with Gasteiger partial charge in [-0.3, -0.25) is 4.79 Å². The van der Waals surface area contributed by atoms with Gasteiger partial charge in [-0.2, -0.15) is 0 Å². The zero-order valence-corrected chi connectivity index (χ0v) is 12.8. The summed E-state index contributed by atoms with van der Waals surface area (Å²) < 4.78 is 26.1. The van der Waals surface area contributed by atoms with Gasteiger partial charge in [0.05, 0.1) is 5.39 Å². The van der Waals surface area contributed by atoms with Gasteiger partial charge < -0.3 is 4.98 Å². The molecule has 0 unspecified atom stereocenters. The van der Waals surface area contributed by atoms with Gasteiger partial charge in [0.1, 0.15) is 10.7 Å². The first-order valence-corrected chi connectivity index (χ1v) is 8.11. The Balaban J connectivity index is 1.73. The molecule has 3 aromatic rings. The number of rotatable bonds is 2. The zero-order chi connectivity index (χ0) is 16.0. The maximum atomic E-state index is 13.2. The normalized spacial score (nSPS) is 14.0. The Morgan fingerprint density at radius 1 is 1.17 bits per heavy atom. The molecule has 0 bridgehead atoms. The molecule has 1 aliphatic carbocycles. The van der Waals surface area contributed by atoms with Crippen molar-refractivity contribution in [2.45, 2.75) is 19.3 Å². The smallest absolute Gasteiger partial charge is 0.260 e. The van der Waals surface area contributed by atoms with E-state index in [1.165, 1.54) is 10.9 Å². The molecule has 0 fully saturated rings. The summed E-state index contributed by atoms with van der Waals surface area (Å²) in [5.74, 6) is -1.38. The first-order chi connectivity index (χ1) is 11.1. The second kappa shape index (κ2) is 5.38. The van der Waals surface area contributed by atoms with Crippen LogP contribution in [-0.2, 0) is 12.8 Å². The van der Waals surface area contributed by atoms with Crippen LogP contribution in [0.1, 0.15) is 28.2 Å². The summed E-state index contributed by atoms with van der Waals surface area (Å²) in [7, 11) is 0. The minimum atomic E-state index is -0.904. The van der Waals surface area contributed by atoms with Crippen LogP contribution >= 0.6 is 11.3 Å². The van der Waals surface area contributed by atoms with Gasteiger partial charge in [0.15, 0.2) is 11.6 Å². The van der Waals surface area contributed by atoms with E-state index >= 15 is 0 Å². The van der Waals surface area contributed by atoms with Crippen molar-refractivity contribution in [3.05, 3.63) is 62.0 Å². The number of thiophene rings is 1. The highest BCUT2D eigenvalue weighted by atomic mass is 32.1. The van der Waals surface area contributed by atoms with Crippen molar-refractivity contribution in [3.8, 4) is 0 Å². The quantitative estimate of drug-likeness (QED) is 0.774. The van der Waals surface area contributed by atoms with E-state index < -0.39 is 11.6 Å². The van der Waals surface area contributed by atoms with Crippen LogP contribution < -0.4 is 5.56 Å². The van der Waals surface area contributed by atoms with E-state index in [2.05, 4.69) is 9.97 Å². The van der Waals surface area contributed by atoms with Crippen LogP contribution in [0.25, 0.3) is 22.4 Å². The molecule has 0 aliphatic heterocycles. The SMILES string of the molecule is O=c1[nH]c(/C=C/c2ccc(F)c(F)c2)nc2sc3c(c12)CCC3. The van der Waals surface area contributed by atoms with Gasteiger partial charge in [0.2, 0.25) is 0 Å². The molecule has 1 aliphatic rings. The third-order valence-corrected chi connectivity index (χ3v) is 5.16. The van der Waals surface area contributed by atoms with Crippen molar-refractivity contribution in [1.29, 1.82) is 0 Å². The fourth-order valence-corrected chi connectivity index (χ4v) is 4.16. The van der Waals surface area contributed by atoms with Crippen LogP contribution in [0.5, 0.6) is 0 Å². The van der Waals surface area contributed by atoms with Gasteiger partial charge in [-0.1, -0.05) is 12.1 Å². The molecule has 0 radical (unpaired) electrons. The maximum absolute atomic E-state index is 13.2. The van der Waals surface area contributed by atoms with E-state index in [1.807, 2.05) is 0 Å². The van der Waals surface area contributed by atoms with E-state index in [-0.39, 0.29) is 5.56 Å². The van der Waals surface area contributed by atoms with Crippen molar-refractivity contribution < 1.29 is 8.78 Å². The summed E-state index contributed by atoms with van der Waals surface area (Å²) in [6, 6.07) is 3.63. The molecule has 2 aromatic heterocycles. The number of aryl methyl sites for hydroxylation is 2. The minimum absolute atomic E-state index is 0.140. The maximum Gasteiger partial charge on any atom is 0.260 e. The van der Waals surface area contributed by atoms with Crippen molar-refractivity contribution in [1.82, 2.24) is 9.97 Å². The molecule has 3 nitrogen and oxygen atoms in total. The predicted molar refractivity (Wildman–Crippen MR) is 87.6 cm³/mol. The topological polar surface area (TPSA) is 45.8 Å². The van der Waals surface area contributed by atoms with Crippen molar-refractivity contribution in [2.24, 2.45) is 0 Å².